The van der Waals surface area contributed by atoms with Crippen molar-refractivity contribution in [2.24, 2.45) is 5.41 Å². The second-order valence-corrected chi connectivity index (χ2v) is 7.92. The molecule has 1 unspecified atom stereocenters. The summed E-state index contributed by atoms with van der Waals surface area (Å²) in [5.41, 5.74) is -6.35. The molecule has 0 aliphatic rings. The van der Waals surface area contributed by atoms with E-state index in [1.807, 2.05) is 0 Å². The van der Waals surface area contributed by atoms with Gasteiger partial charge in [0.1, 0.15) is 11.5 Å². The molecule has 0 spiro atoms. The first-order chi connectivity index (χ1) is 16.8. The summed E-state index contributed by atoms with van der Waals surface area (Å²) in [4.78, 5) is 0.532. The molecule has 1 N–H and O–H groups in total. The van der Waals surface area contributed by atoms with Gasteiger partial charge in [0.05, 0.1) is 6.54 Å². The van der Waals surface area contributed by atoms with Crippen molar-refractivity contribution in [1.29, 1.82) is 0 Å². The summed E-state index contributed by atoms with van der Waals surface area (Å²) in [6, 6.07) is 12.5. The molecule has 0 fully saturated rings. The number of aliphatic hydroxyl groups is 1. The maximum absolute atomic E-state index is 13.2. The lowest BCUT2D eigenvalue weighted by molar-refractivity contribution is -0.428. The lowest BCUT2D eigenvalue weighted by atomic mass is 9.80. The van der Waals surface area contributed by atoms with Crippen LogP contribution in [0.2, 0.25) is 0 Å². The van der Waals surface area contributed by atoms with Crippen LogP contribution >= 0.6 is 0 Å². The summed E-state index contributed by atoms with van der Waals surface area (Å²) < 4.78 is 163. The van der Waals surface area contributed by atoms with Gasteiger partial charge < -0.3 is 14.7 Å². The van der Waals surface area contributed by atoms with Gasteiger partial charge in [-0.3, -0.25) is 0 Å². The van der Waals surface area contributed by atoms with Gasteiger partial charge >= 0.3 is 24.7 Å². The molecular formula is C22H19F12NO2. The standard InChI is InChI=1S/C22H19F12NO2/c23-19(24,25)17(36)13-35(14-6-4-9-16(12-14)37-15-7-2-1-3-8-15)11-5-10-18(20(26,27)28,21(29,30)31)22(32,33)34/h1-4,6-9,12,17,36H,5,10-11,13H2. The molecule has 2 aromatic rings. The molecule has 0 amide bonds. The van der Waals surface area contributed by atoms with Crippen LogP contribution in [-0.2, 0) is 0 Å². The van der Waals surface area contributed by atoms with Crippen LogP contribution in [-0.4, -0.2) is 49.0 Å². The molecule has 0 heterocycles. The third-order valence-corrected chi connectivity index (χ3v) is 5.36. The van der Waals surface area contributed by atoms with Crippen LogP contribution < -0.4 is 9.64 Å². The Hall–Kier alpha value is -2.84. The number of anilines is 1. The van der Waals surface area contributed by atoms with Crippen molar-refractivity contribution in [1.82, 2.24) is 0 Å². The fourth-order valence-electron chi connectivity index (χ4n) is 3.45. The molecule has 0 saturated heterocycles. The SMILES string of the molecule is OC(CN(CCCC(C(F)(F)F)(C(F)(F)F)C(F)(F)F)c1cccc(Oc2ccccc2)c1)C(F)(F)F. The van der Waals surface area contributed by atoms with Crippen LogP contribution in [0.15, 0.2) is 54.6 Å². The van der Waals surface area contributed by atoms with Gasteiger partial charge in [0.15, 0.2) is 6.10 Å². The van der Waals surface area contributed by atoms with Crippen molar-refractivity contribution in [2.75, 3.05) is 18.0 Å². The number of benzene rings is 2. The van der Waals surface area contributed by atoms with E-state index in [9.17, 15) is 57.8 Å². The predicted molar refractivity (Wildman–Crippen MR) is 107 cm³/mol. The number of halogens is 12. The van der Waals surface area contributed by atoms with Crippen molar-refractivity contribution in [2.45, 2.75) is 43.7 Å². The maximum Gasteiger partial charge on any atom is 0.416 e. The summed E-state index contributed by atoms with van der Waals surface area (Å²) in [5, 5.41) is 9.43. The molecule has 2 aromatic carbocycles. The van der Waals surface area contributed by atoms with E-state index >= 15 is 0 Å². The first kappa shape index (κ1) is 30.4. The van der Waals surface area contributed by atoms with E-state index in [-0.39, 0.29) is 17.2 Å². The minimum Gasteiger partial charge on any atom is -0.457 e. The van der Waals surface area contributed by atoms with Gasteiger partial charge in [0.25, 0.3) is 5.41 Å². The zero-order valence-corrected chi connectivity index (χ0v) is 18.4. The highest BCUT2D eigenvalue weighted by atomic mass is 19.4. The van der Waals surface area contributed by atoms with Gasteiger partial charge in [-0.05, 0) is 37.1 Å². The zero-order valence-electron chi connectivity index (χ0n) is 18.4. The van der Waals surface area contributed by atoms with Gasteiger partial charge in [-0.25, -0.2) is 0 Å². The fourth-order valence-corrected chi connectivity index (χ4v) is 3.45. The lowest BCUT2D eigenvalue weighted by Crippen LogP contribution is -2.59. The minimum absolute atomic E-state index is 0.00887. The summed E-state index contributed by atoms with van der Waals surface area (Å²) in [6.07, 6.45) is -32.7. The van der Waals surface area contributed by atoms with Gasteiger partial charge in [0.2, 0.25) is 0 Å². The van der Waals surface area contributed by atoms with Crippen LogP contribution in [0.5, 0.6) is 11.5 Å². The zero-order chi connectivity index (χ0) is 28.3. The van der Waals surface area contributed by atoms with Gasteiger partial charge in [-0.1, -0.05) is 24.3 Å². The van der Waals surface area contributed by atoms with Crippen LogP contribution in [0.1, 0.15) is 12.8 Å². The maximum atomic E-state index is 13.2. The molecule has 0 bridgehead atoms. The number of hydrogen-bond donors (Lipinski definition) is 1. The van der Waals surface area contributed by atoms with E-state index in [0.717, 1.165) is 12.1 Å². The third-order valence-electron chi connectivity index (χ3n) is 5.36. The van der Waals surface area contributed by atoms with E-state index in [1.54, 1.807) is 18.2 Å². The van der Waals surface area contributed by atoms with Crippen molar-refractivity contribution in [3.63, 3.8) is 0 Å². The third kappa shape index (κ3) is 7.14. The quantitative estimate of drug-likeness (QED) is 0.322. The number of nitrogens with zero attached hydrogens (tertiary/aromatic N) is 1. The van der Waals surface area contributed by atoms with Gasteiger partial charge in [0, 0.05) is 18.3 Å². The largest absolute Gasteiger partial charge is 0.457 e. The van der Waals surface area contributed by atoms with E-state index in [4.69, 9.17) is 4.74 Å². The van der Waals surface area contributed by atoms with Crippen LogP contribution in [0.3, 0.4) is 0 Å². The van der Waals surface area contributed by atoms with Crippen LogP contribution in [0, 0.1) is 5.41 Å². The molecule has 15 heteroatoms. The smallest absolute Gasteiger partial charge is 0.416 e. The lowest BCUT2D eigenvalue weighted by Gasteiger charge is -2.39. The number of para-hydroxylation sites is 1. The second-order valence-electron chi connectivity index (χ2n) is 7.92. The van der Waals surface area contributed by atoms with Gasteiger partial charge in [-0.15, -0.1) is 0 Å². The Kier molecular flexibility index (Phi) is 8.93. The van der Waals surface area contributed by atoms with Gasteiger partial charge in [-0.2, -0.15) is 52.7 Å². The number of alkyl halides is 12. The Balaban J connectivity index is 2.37. The first-order valence-electron chi connectivity index (χ1n) is 10.3. The Morgan fingerprint density at radius 2 is 1.22 bits per heavy atom. The topological polar surface area (TPSA) is 32.7 Å². The molecular weight excluding hydrogens is 538 g/mol. The van der Waals surface area contributed by atoms with E-state index in [1.165, 1.54) is 24.3 Å². The van der Waals surface area contributed by atoms with E-state index < -0.39 is 62.2 Å². The minimum atomic E-state index is -6.79. The predicted octanol–water partition coefficient (Wildman–Crippen LogP) is 7.66. The number of ether oxygens (including phenoxy) is 1. The van der Waals surface area contributed by atoms with E-state index in [0.29, 0.717) is 4.90 Å². The summed E-state index contributed by atoms with van der Waals surface area (Å²) in [7, 11) is 0. The molecule has 0 aliphatic heterocycles. The highest BCUT2D eigenvalue weighted by Gasteiger charge is 2.82. The molecule has 1 atom stereocenters. The number of rotatable bonds is 9. The Morgan fingerprint density at radius 1 is 0.703 bits per heavy atom. The second kappa shape index (κ2) is 10.9. The van der Waals surface area contributed by atoms with Crippen molar-refractivity contribution in [3.8, 4) is 11.5 Å². The first-order valence-corrected chi connectivity index (χ1v) is 10.3. The number of aliphatic hydroxyl groups excluding tert-OH is 1. The Labute approximate surface area is 202 Å². The van der Waals surface area contributed by atoms with Crippen LogP contribution in [0.4, 0.5) is 58.4 Å². The molecule has 37 heavy (non-hydrogen) atoms. The molecule has 0 aromatic heterocycles. The van der Waals surface area contributed by atoms with E-state index in [2.05, 4.69) is 0 Å². The fraction of sp³-hybridized carbons (Fsp3) is 0.455. The molecule has 3 nitrogen and oxygen atoms in total. The highest BCUT2D eigenvalue weighted by molar-refractivity contribution is 5.51. The van der Waals surface area contributed by atoms with Crippen LogP contribution in [0.25, 0.3) is 0 Å². The molecule has 0 aliphatic carbocycles. The molecule has 208 valence electrons. The molecule has 2 rings (SSSR count). The van der Waals surface area contributed by atoms with Crippen molar-refractivity contribution >= 4 is 5.69 Å². The summed E-state index contributed by atoms with van der Waals surface area (Å²) >= 11 is 0. The average Bonchev–Trinajstić information content (AvgIpc) is 2.73. The Bertz CT molecular complexity index is 964. The average molecular weight is 557 g/mol. The summed E-state index contributed by atoms with van der Waals surface area (Å²) in [5.74, 6) is 0.261. The molecule has 0 radical (unpaired) electrons. The Morgan fingerprint density at radius 3 is 1.70 bits per heavy atom. The highest BCUT2D eigenvalue weighted by Crippen LogP contribution is 2.61. The number of hydrogen-bond acceptors (Lipinski definition) is 3. The normalized spacial score (nSPS) is 14.4. The van der Waals surface area contributed by atoms with Crippen molar-refractivity contribution in [3.05, 3.63) is 54.6 Å². The van der Waals surface area contributed by atoms with Crippen molar-refractivity contribution < 1.29 is 62.5 Å². The molecule has 0 saturated carbocycles. The summed E-state index contributed by atoms with van der Waals surface area (Å²) in [6.45, 7) is -2.50. The monoisotopic (exact) mass is 557 g/mol.